The van der Waals surface area contributed by atoms with Crippen LogP contribution in [-0.2, 0) is 6.42 Å². The standard InChI is InChI=1S/C21H22N4O/c1-15-7-9-17(10-8-15)18-13-19-21(26)23-14-20(25(19)24-18)22-12-11-16-5-3-2-4-6-16/h2-10,13,20,22H,11-12,14H2,1H3,(H,23,26)/t20-/m1/s1. The molecular weight excluding hydrogens is 324 g/mol. The third-order valence-electron chi connectivity index (χ3n) is 4.70. The van der Waals surface area contributed by atoms with E-state index in [1.807, 2.05) is 28.9 Å². The molecule has 0 saturated carbocycles. The fourth-order valence-corrected chi connectivity index (χ4v) is 3.22. The molecule has 132 valence electrons. The predicted molar refractivity (Wildman–Crippen MR) is 102 cm³/mol. The summed E-state index contributed by atoms with van der Waals surface area (Å²) >= 11 is 0. The summed E-state index contributed by atoms with van der Waals surface area (Å²) in [7, 11) is 0. The van der Waals surface area contributed by atoms with Crippen molar-refractivity contribution in [3.8, 4) is 11.3 Å². The minimum Gasteiger partial charge on any atom is -0.347 e. The zero-order chi connectivity index (χ0) is 17.9. The van der Waals surface area contributed by atoms with Crippen LogP contribution in [0.1, 0.15) is 27.8 Å². The molecule has 2 heterocycles. The average molecular weight is 346 g/mol. The number of nitrogens with one attached hydrogen (secondary N) is 2. The number of nitrogens with zero attached hydrogens (tertiary/aromatic N) is 2. The second kappa shape index (κ2) is 7.14. The SMILES string of the molecule is Cc1ccc(-c2cc3n(n2)[C@@H](NCCc2ccccc2)CNC3=O)cc1. The van der Waals surface area contributed by atoms with E-state index < -0.39 is 0 Å². The maximum Gasteiger partial charge on any atom is 0.269 e. The van der Waals surface area contributed by atoms with E-state index in [0.29, 0.717) is 12.2 Å². The number of carbonyl (C=O) groups is 1. The van der Waals surface area contributed by atoms with Crippen LogP contribution in [0.2, 0.25) is 0 Å². The number of aromatic nitrogens is 2. The Morgan fingerprint density at radius 1 is 1.15 bits per heavy atom. The summed E-state index contributed by atoms with van der Waals surface area (Å²) in [6.45, 7) is 3.42. The Kier molecular flexibility index (Phi) is 4.54. The smallest absolute Gasteiger partial charge is 0.269 e. The second-order valence-electron chi connectivity index (χ2n) is 6.64. The van der Waals surface area contributed by atoms with Gasteiger partial charge in [-0.15, -0.1) is 0 Å². The predicted octanol–water partition coefficient (Wildman–Crippen LogP) is 2.93. The van der Waals surface area contributed by atoms with Crippen LogP contribution in [0.3, 0.4) is 0 Å². The van der Waals surface area contributed by atoms with Crippen LogP contribution in [-0.4, -0.2) is 28.8 Å². The van der Waals surface area contributed by atoms with Crippen molar-refractivity contribution in [3.05, 3.63) is 77.5 Å². The Morgan fingerprint density at radius 2 is 1.92 bits per heavy atom. The van der Waals surface area contributed by atoms with E-state index in [-0.39, 0.29) is 12.1 Å². The molecule has 2 N–H and O–H groups in total. The fourth-order valence-electron chi connectivity index (χ4n) is 3.22. The van der Waals surface area contributed by atoms with Crippen molar-refractivity contribution in [1.82, 2.24) is 20.4 Å². The zero-order valence-electron chi connectivity index (χ0n) is 14.8. The van der Waals surface area contributed by atoms with Crippen LogP contribution < -0.4 is 10.6 Å². The lowest BCUT2D eigenvalue weighted by molar-refractivity contribution is 0.0901. The van der Waals surface area contributed by atoms with Gasteiger partial charge in [-0.05, 0) is 25.0 Å². The van der Waals surface area contributed by atoms with Crippen LogP contribution in [0.15, 0.2) is 60.7 Å². The number of rotatable bonds is 5. The Morgan fingerprint density at radius 3 is 2.69 bits per heavy atom. The van der Waals surface area contributed by atoms with Gasteiger partial charge in [-0.3, -0.25) is 10.1 Å². The molecule has 0 radical (unpaired) electrons. The number of hydrogen-bond acceptors (Lipinski definition) is 3. The number of hydrogen-bond donors (Lipinski definition) is 2. The highest BCUT2D eigenvalue weighted by Crippen LogP contribution is 2.23. The van der Waals surface area contributed by atoms with Gasteiger partial charge in [-0.2, -0.15) is 5.10 Å². The van der Waals surface area contributed by atoms with Crippen molar-refractivity contribution in [2.75, 3.05) is 13.1 Å². The van der Waals surface area contributed by atoms with Gasteiger partial charge in [0.15, 0.2) is 0 Å². The van der Waals surface area contributed by atoms with E-state index in [1.165, 1.54) is 11.1 Å². The first-order chi connectivity index (χ1) is 12.7. The van der Waals surface area contributed by atoms with Crippen LogP contribution >= 0.6 is 0 Å². The normalized spacial score (nSPS) is 16.2. The summed E-state index contributed by atoms with van der Waals surface area (Å²) in [5.74, 6) is -0.0722. The van der Waals surface area contributed by atoms with Crippen molar-refractivity contribution < 1.29 is 4.79 Å². The molecule has 1 aromatic heterocycles. The molecule has 1 amide bonds. The van der Waals surface area contributed by atoms with Gasteiger partial charge in [0.25, 0.3) is 5.91 Å². The van der Waals surface area contributed by atoms with Gasteiger partial charge < -0.3 is 5.32 Å². The van der Waals surface area contributed by atoms with Crippen LogP contribution in [0.5, 0.6) is 0 Å². The van der Waals surface area contributed by atoms with Crippen molar-refractivity contribution in [2.45, 2.75) is 19.5 Å². The lowest BCUT2D eigenvalue weighted by Crippen LogP contribution is -2.45. The van der Waals surface area contributed by atoms with Crippen molar-refractivity contribution in [1.29, 1.82) is 0 Å². The third kappa shape index (κ3) is 3.39. The van der Waals surface area contributed by atoms with Crippen molar-refractivity contribution in [3.63, 3.8) is 0 Å². The minimum atomic E-state index is -0.0722. The van der Waals surface area contributed by atoms with Gasteiger partial charge in [-0.1, -0.05) is 60.2 Å². The summed E-state index contributed by atoms with van der Waals surface area (Å²) < 4.78 is 1.82. The molecule has 26 heavy (non-hydrogen) atoms. The van der Waals surface area contributed by atoms with E-state index >= 15 is 0 Å². The zero-order valence-corrected chi connectivity index (χ0v) is 14.8. The minimum absolute atomic E-state index is 0.0365. The Hall–Kier alpha value is -2.92. The van der Waals surface area contributed by atoms with E-state index in [2.05, 4.69) is 54.0 Å². The van der Waals surface area contributed by atoms with Gasteiger partial charge in [0, 0.05) is 12.1 Å². The highest BCUT2D eigenvalue weighted by molar-refractivity contribution is 5.94. The maximum atomic E-state index is 12.2. The second-order valence-corrected chi connectivity index (χ2v) is 6.64. The molecule has 0 fully saturated rings. The van der Waals surface area contributed by atoms with Gasteiger partial charge >= 0.3 is 0 Å². The van der Waals surface area contributed by atoms with Gasteiger partial charge in [0.1, 0.15) is 11.9 Å². The van der Waals surface area contributed by atoms with Gasteiger partial charge in [0.05, 0.1) is 12.2 Å². The number of aryl methyl sites for hydroxylation is 1. The molecule has 0 spiro atoms. The monoisotopic (exact) mass is 346 g/mol. The third-order valence-corrected chi connectivity index (χ3v) is 4.70. The molecule has 0 bridgehead atoms. The first kappa shape index (κ1) is 16.5. The Labute approximate surface area is 153 Å². The lowest BCUT2D eigenvalue weighted by Gasteiger charge is -2.25. The van der Waals surface area contributed by atoms with E-state index in [0.717, 1.165) is 24.2 Å². The van der Waals surface area contributed by atoms with Gasteiger partial charge in [-0.25, -0.2) is 4.68 Å². The van der Waals surface area contributed by atoms with E-state index in [1.54, 1.807) is 0 Å². The maximum absolute atomic E-state index is 12.2. The highest BCUT2D eigenvalue weighted by Gasteiger charge is 2.26. The molecule has 0 saturated heterocycles. The first-order valence-corrected chi connectivity index (χ1v) is 8.93. The summed E-state index contributed by atoms with van der Waals surface area (Å²) in [5.41, 5.74) is 4.95. The topological polar surface area (TPSA) is 59.0 Å². The number of carbonyl (C=O) groups excluding carboxylic acids is 1. The summed E-state index contributed by atoms with van der Waals surface area (Å²) in [6, 6.07) is 20.4. The highest BCUT2D eigenvalue weighted by atomic mass is 16.2. The first-order valence-electron chi connectivity index (χ1n) is 8.93. The molecule has 4 rings (SSSR count). The Balaban J connectivity index is 1.51. The van der Waals surface area contributed by atoms with Crippen molar-refractivity contribution in [2.24, 2.45) is 0 Å². The molecule has 0 unspecified atom stereocenters. The van der Waals surface area contributed by atoms with Crippen LogP contribution in [0, 0.1) is 6.92 Å². The summed E-state index contributed by atoms with van der Waals surface area (Å²) in [6.07, 6.45) is 0.901. The molecule has 5 nitrogen and oxygen atoms in total. The van der Waals surface area contributed by atoms with Gasteiger partial charge in [0.2, 0.25) is 0 Å². The number of amides is 1. The Bertz CT molecular complexity index is 900. The van der Waals surface area contributed by atoms with E-state index in [4.69, 9.17) is 5.10 Å². The molecule has 2 aromatic carbocycles. The van der Waals surface area contributed by atoms with Crippen molar-refractivity contribution >= 4 is 5.91 Å². The molecule has 0 aliphatic carbocycles. The number of fused-ring (bicyclic) bond motifs is 1. The fraction of sp³-hybridized carbons (Fsp3) is 0.238. The quantitative estimate of drug-likeness (QED) is 0.747. The molecule has 1 atom stereocenters. The summed E-state index contributed by atoms with van der Waals surface area (Å²) in [5, 5.41) is 11.2. The lowest BCUT2D eigenvalue weighted by atomic mass is 10.1. The molecule has 1 aliphatic heterocycles. The average Bonchev–Trinajstić information content (AvgIpc) is 3.11. The molecular formula is C21H22N4O. The largest absolute Gasteiger partial charge is 0.347 e. The van der Waals surface area contributed by atoms with E-state index in [9.17, 15) is 4.79 Å². The molecule has 1 aliphatic rings. The van der Waals surface area contributed by atoms with Crippen LogP contribution in [0.4, 0.5) is 0 Å². The number of benzene rings is 2. The summed E-state index contributed by atoms with van der Waals surface area (Å²) in [4.78, 5) is 12.2. The molecule has 3 aromatic rings. The molecule has 5 heteroatoms. The van der Waals surface area contributed by atoms with Crippen LogP contribution in [0.25, 0.3) is 11.3 Å².